The molecule has 0 bridgehead atoms. The predicted molar refractivity (Wildman–Crippen MR) is 71.6 cm³/mol. The van der Waals surface area contributed by atoms with E-state index in [1.54, 1.807) is 6.07 Å². The average molecular weight is 266 g/mol. The average Bonchev–Trinajstić information content (AvgIpc) is 2.81. The largest absolute Gasteiger partial charge is 0.396 e. The topological polar surface area (TPSA) is 36.4 Å². The van der Waals surface area contributed by atoms with Gasteiger partial charge in [-0.2, -0.15) is 0 Å². The number of rotatable bonds is 2. The van der Waals surface area contributed by atoms with E-state index in [9.17, 15) is 4.39 Å². The molecule has 0 radical (unpaired) electrons. The second-order valence-corrected chi connectivity index (χ2v) is 5.73. The highest BCUT2D eigenvalue weighted by Crippen LogP contribution is 2.31. The molecule has 1 fully saturated rings. The van der Waals surface area contributed by atoms with Crippen molar-refractivity contribution < 1.29 is 9.50 Å². The third-order valence-electron chi connectivity index (χ3n) is 3.48. The summed E-state index contributed by atoms with van der Waals surface area (Å²) in [5.41, 5.74) is 0.862. The summed E-state index contributed by atoms with van der Waals surface area (Å²) in [5, 5.41) is 10.1. The van der Waals surface area contributed by atoms with Gasteiger partial charge in [-0.25, -0.2) is 9.37 Å². The van der Waals surface area contributed by atoms with Gasteiger partial charge in [0.05, 0.1) is 10.2 Å². The zero-order valence-electron chi connectivity index (χ0n) is 9.97. The molecule has 3 nitrogen and oxygen atoms in total. The Morgan fingerprint density at radius 2 is 2.17 bits per heavy atom. The van der Waals surface area contributed by atoms with Gasteiger partial charge in [0.25, 0.3) is 0 Å². The van der Waals surface area contributed by atoms with Crippen molar-refractivity contribution in [3.63, 3.8) is 0 Å². The Bertz CT molecular complexity index is 549. The fraction of sp³-hybridized carbons (Fsp3) is 0.462. The normalized spacial score (nSPS) is 17.6. The molecule has 1 saturated heterocycles. The maximum Gasteiger partial charge on any atom is 0.186 e. The van der Waals surface area contributed by atoms with Crippen LogP contribution in [0, 0.1) is 11.7 Å². The summed E-state index contributed by atoms with van der Waals surface area (Å²) in [6.07, 6.45) is 2.00. The number of halogens is 1. The van der Waals surface area contributed by atoms with Crippen molar-refractivity contribution in [1.29, 1.82) is 0 Å². The van der Waals surface area contributed by atoms with E-state index in [0.29, 0.717) is 5.92 Å². The van der Waals surface area contributed by atoms with Crippen molar-refractivity contribution in [3.8, 4) is 0 Å². The van der Waals surface area contributed by atoms with Crippen LogP contribution in [0.25, 0.3) is 10.2 Å². The first kappa shape index (κ1) is 11.9. The van der Waals surface area contributed by atoms with E-state index in [1.807, 2.05) is 0 Å². The Morgan fingerprint density at radius 3 is 2.89 bits per heavy atom. The molecule has 1 N–H and O–H groups in total. The molecule has 0 aliphatic carbocycles. The van der Waals surface area contributed by atoms with Gasteiger partial charge < -0.3 is 10.0 Å². The molecule has 1 aliphatic heterocycles. The molecule has 0 spiro atoms. The zero-order chi connectivity index (χ0) is 12.5. The molecule has 0 atom stereocenters. The number of aromatic nitrogens is 1. The summed E-state index contributed by atoms with van der Waals surface area (Å²) in [6, 6.07) is 4.71. The van der Waals surface area contributed by atoms with Crippen LogP contribution in [0.2, 0.25) is 0 Å². The van der Waals surface area contributed by atoms with Gasteiger partial charge in [0.1, 0.15) is 5.82 Å². The Balaban J connectivity index is 1.82. The van der Waals surface area contributed by atoms with Crippen molar-refractivity contribution in [1.82, 2.24) is 4.98 Å². The highest BCUT2D eigenvalue weighted by atomic mass is 32.1. The van der Waals surface area contributed by atoms with Gasteiger partial charge in [-0.1, -0.05) is 11.3 Å². The molecule has 2 heterocycles. The number of hydrogen-bond acceptors (Lipinski definition) is 4. The first-order chi connectivity index (χ1) is 8.76. The summed E-state index contributed by atoms with van der Waals surface area (Å²) in [5.74, 6) is 0.213. The Hall–Kier alpha value is -1.20. The lowest BCUT2D eigenvalue weighted by Gasteiger charge is -2.30. The highest BCUT2D eigenvalue weighted by Gasteiger charge is 2.20. The Kier molecular flexibility index (Phi) is 3.18. The molecular formula is C13H15FN2OS. The Morgan fingerprint density at radius 1 is 1.39 bits per heavy atom. The molecule has 0 saturated carbocycles. The van der Waals surface area contributed by atoms with Crippen molar-refractivity contribution in [2.45, 2.75) is 12.8 Å². The maximum absolute atomic E-state index is 13.1. The lowest BCUT2D eigenvalue weighted by Crippen LogP contribution is -2.34. The molecule has 1 aromatic heterocycles. The number of benzene rings is 1. The van der Waals surface area contributed by atoms with Gasteiger partial charge in [-0.05, 0) is 37.0 Å². The Labute approximate surface area is 109 Å². The molecule has 5 heteroatoms. The van der Waals surface area contributed by atoms with Gasteiger partial charge in [0, 0.05) is 19.7 Å². The quantitative estimate of drug-likeness (QED) is 0.908. The third kappa shape index (κ3) is 2.20. The van der Waals surface area contributed by atoms with Crippen molar-refractivity contribution in [3.05, 3.63) is 24.0 Å². The van der Waals surface area contributed by atoms with E-state index in [0.717, 1.165) is 41.3 Å². The third-order valence-corrected chi connectivity index (χ3v) is 4.56. The first-order valence-electron chi connectivity index (χ1n) is 6.18. The monoisotopic (exact) mass is 266 g/mol. The van der Waals surface area contributed by atoms with Gasteiger partial charge in [0.15, 0.2) is 5.13 Å². The van der Waals surface area contributed by atoms with E-state index in [4.69, 9.17) is 5.11 Å². The van der Waals surface area contributed by atoms with Crippen LogP contribution >= 0.6 is 11.3 Å². The van der Waals surface area contributed by atoms with Crippen LogP contribution in [0.15, 0.2) is 18.2 Å². The summed E-state index contributed by atoms with van der Waals surface area (Å²) in [7, 11) is 0. The lowest BCUT2D eigenvalue weighted by atomic mass is 9.98. The van der Waals surface area contributed by atoms with E-state index in [1.165, 1.54) is 23.5 Å². The van der Waals surface area contributed by atoms with Crippen LogP contribution in [0.3, 0.4) is 0 Å². The van der Waals surface area contributed by atoms with Crippen LogP contribution < -0.4 is 4.90 Å². The van der Waals surface area contributed by atoms with Crippen molar-refractivity contribution in [2.24, 2.45) is 5.92 Å². The molecule has 96 valence electrons. The molecular weight excluding hydrogens is 251 g/mol. The molecule has 1 aliphatic rings. The number of thiazole rings is 1. The maximum atomic E-state index is 13.1. The predicted octanol–water partition coefficient (Wildman–Crippen LogP) is 2.64. The lowest BCUT2D eigenvalue weighted by molar-refractivity contribution is 0.203. The van der Waals surface area contributed by atoms with Crippen LogP contribution in [0.4, 0.5) is 9.52 Å². The van der Waals surface area contributed by atoms with Crippen LogP contribution in [-0.2, 0) is 0 Å². The number of piperidine rings is 1. The number of aliphatic hydroxyl groups excluding tert-OH is 1. The molecule has 3 rings (SSSR count). The molecule has 1 aromatic carbocycles. The molecule has 0 amide bonds. The molecule has 0 unspecified atom stereocenters. The number of aliphatic hydroxyl groups is 1. The van der Waals surface area contributed by atoms with Crippen LogP contribution in [-0.4, -0.2) is 29.8 Å². The summed E-state index contributed by atoms with van der Waals surface area (Å²) in [6.45, 7) is 2.12. The van der Waals surface area contributed by atoms with E-state index >= 15 is 0 Å². The van der Waals surface area contributed by atoms with Gasteiger partial charge in [0.2, 0.25) is 0 Å². The minimum atomic E-state index is -0.211. The minimum absolute atomic E-state index is 0.211. The number of hydrogen-bond donors (Lipinski definition) is 1. The summed E-state index contributed by atoms with van der Waals surface area (Å²) < 4.78 is 14.0. The highest BCUT2D eigenvalue weighted by molar-refractivity contribution is 7.22. The van der Waals surface area contributed by atoms with Gasteiger partial charge in [-0.3, -0.25) is 0 Å². The minimum Gasteiger partial charge on any atom is -0.396 e. The van der Waals surface area contributed by atoms with E-state index in [2.05, 4.69) is 9.88 Å². The van der Waals surface area contributed by atoms with Gasteiger partial charge >= 0.3 is 0 Å². The van der Waals surface area contributed by atoms with E-state index in [-0.39, 0.29) is 12.4 Å². The van der Waals surface area contributed by atoms with Crippen molar-refractivity contribution in [2.75, 3.05) is 24.6 Å². The number of nitrogens with zero attached hydrogens (tertiary/aromatic N) is 2. The second-order valence-electron chi connectivity index (χ2n) is 4.72. The smallest absolute Gasteiger partial charge is 0.186 e. The fourth-order valence-electron chi connectivity index (χ4n) is 2.33. The summed E-state index contributed by atoms with van der Waals surface area (Å²) in [4.78, 5) is 6.77. The van der Waals surface area contributed by atoms with Crippen LogP contribution in [0.5, 0.6) is 0 Å². The van der Waals surface area contributed by atoms with Gasteiger partial charge in [-0.15, -0.1) is 0 Å². The number of anilines is 1. The molecule has 2 aromatic rings. The second kappa shape index (κ2) is 4.82. The SMILES string of the molecule is OCC1CCN(c2nc3ccc(F)cc3s2)CC1. The fourth-order valence-corrected chi connectivity index (χ4v) is 3.37. The standard InChI is InChI=1S/C13H15FN2OS/c14-10-1-2-11-12(7-10)18-13(15-11)16-5-3-9(8-17)4-6-16/h1-2,7,9,17H,3-6,8H2. The first-order valence-corrected chi connectivity index (χ1v) is 7.00. The van der Waals surface area contributed by atoms with E-state index < -0.39 is 0 Å². The van der Waals surface area contributed by atoms with Crippen molar-refractivity contribution >= 4 is 26.7 Å². The van der Waals surface area contributed by atoms with Crippen LogP contribution in [0.1, 0.15) is 12.8 Å². The zero-order valence-corrected chi connectivity index (χ0v) is 10.8. The summed E-state index contributed by atoms with van der Waals surface area (Å²) >= 11 is 1.54. The number of fused-ring (bicyclic) bond motifs is 1. The molecule has 18 heavy (non-hydrogen) atoms.